The molecule has 5 aromatic rings. The fraction of sp³-hybridized carbons (Fsp3) is 0.161. The molecule has 1 amide bonds. The van der Waals surface area contributed by atoms with Gasteiger partial charge in [-0.15, -0.1) is 0 Å². The van der Waals surface area contributed by atoms with Gasteiger partial charge in [0, 0.05) is 24.7 Å². The van der Waals surface area contributed by atoms with Crippen molar-refractivity contribution in [1.82, 2.24) is 14.7 Å². The number of hydrogen-bond acceptors (Lipinski definition) is 2. The highest BCUT2D eigenvalue weighted by atomic mass is 19.4. The van der Waals surface area contributed by atoms with Gasteiger partial charge in [0.15, 0.2) is 0 Å². The highest BCUT2D eigenvalue weighted by molar-refractivity contribution is 5.77. The summed E-state index contributed by atoms with van der Waals surface area (Å²) in [5.41, 5.74) is 2.33. The fourth-order valence-corrected chi connectivity index (χ4v) is 4.58. The molecule has 1 N–H and O–H groups in total. The summed E-state index contributed by atoms with van der Waals surface area (Å²) in [6.07, 6.45) is -7.03. The number of amides is 1. The summed E-state index contributed by atoms with van der Waals surface area (Å²) in [4.78, 5) is 17.5. The average Bonchev–Trinajstić information content (AvgIpc) is 3.32. The van der Waals surface area contributed by atoms with Crippen LogP contribution in [0, 0.1) is 0 Å². The second kappa shape index (κ2) is 11.1. The summed E-state index contributed by atoms with van der Waals surface area (Å²) in [7, 11) is 0. The van der Waals surface area contributed by atoms with Crippen LogP contribution in [0.2, 0.25) is 0 Å². The molecule has 2 heterocycles. The molecule has 2 aromatic heterocycles. The lowest BCUT2D eigenvalue weighted by atomic mass is 10.0. The van der Waals surface area contributed by atoms with E-state index in [9.17, 15) is 31.1 Å². The molecule has 0 bridgehead atoms. The monoisotopic (exact) mass is 567 g/mol. The SMILES string of the molecule is O=C(CCc1c(-c2ccccc2)nc2ccc(-c3cccc(C(F)(F)F)c3)cn12)NCc1cccc(C(F)(F)F)c1. The Morgan fingerprint density at radius 3 is 2.10 bits per heavy atom. The van der Waals surface area contributed by atoms with Crippen molar-refractivity contribution >= 4 is 11.6 Å². The van der Waals surface area contributed by atoms with E-state index in [0.717, 1.165) is 29.8 Å². The predicted molar refractivity (Wildman–Crippen MR) is 143 cm³/mol. The van der Waals surface area contributed by atoms with Crippen LogP contribution in [0.1, 0.15) is 28.8 Å². The van der Waals surface area contributed by atoms with Crippen molar-refractivity contribution < 1.29 is 31.1 Å². The van der Waals surface area contributed by atoms with Gasteiger partial charge in [-0.05, 0) is 59.5 Å². The number of pyridine rings is 1. The van der Waals surface area contributed by atoms with Crippen LogP contribution in [0.25, 0.3) is 28.0 Å². The Kier molecular flexibility index (Phi) is 7.57. The number of aryl methyl sites for hydroxylation is 1. The molecule has 0 saturated carbocycles. The molecule has 10 heteroatoms. The number of carbonyl (C=O) groups excluding carboxylic acids is 1. The Balaban J connectivity index is 1.42. The standard InChI is InChI=1S/C31H23F6N3O/c32-30(33,34)24-10-4-6-20(16-24)18-38-28(41)15-13-26-29(21-7-2-1-3-8-21)39-27-14-12-23(19-40(26)27)22-9-5-11-25(17-22)31(35,36)37/h1-12,14,16-17,19H,13,15,18H2,(H,38,41). The topological polar surface area (TPSA) is 46.4 Å². The molecular weight excluding hydrogens is 544 g/mol. The zero-order valence-corrected chi connectivity index (χ0v) is 21.4. The summed E-state index contributed by atoms with van der Waals surface area (Å²) in [5.74, 6) is -0.370. The van der Waals surface area contributed by atoms with Crippen LogP contribution in [-0.2, 0) is 30.1 Å². The van der Waals surface area contributed by atoms with E-state index in [1.165, 1.54) is 18.2 Å². The first-order chi connectivity index (χ1) is 19.5. The Morgan fingerprint density at radius 1 is 0.732 bits per heavy atom. The van der Waals surface area contributed by atoms with Gasteiger partial charge in [-0.2, -0.15) is 26.3 Å². The molecule has 0 unspecified atom stereocenters. The molecule has 210 valence electrons. The first kappa shape index (κ1) is 27.9. The van der Waals surface area contributed by atoms with Crippen molar-refractivity contribution in [2.24, 2.45) is 0 Å². The molecule has 0 aliphatic rings. The number of imidazole rings is 1. The van der Waals surface area contributed by atoms with E-state index >= 15 is 0 Å². The van der Waals surface area contributed by atoms with Crippen LogP contribution in [-0.4, -0.2) is 15.3 Å². The summed E-state index contributed by atoms with van der Waals surface area (Å²) < 4.78 is 80.7. The second-order valence-corrected chi connectivity index (χ2v) is 9.47. The van der Waals surface area contributed by atoms with Crippen LogP contribution in [0.5, 0.6) is 0 Å². The highest BCUT2D eigenvalue weighted by Crippen LogP contribution is 2.33. The van der Waals surface area contributed by atoms with Gasteiger partial charge in [0.1, 0.15) is 5.65 Å². The summed E-state index contributed by atoms with van der Waals surface area (Å²) in [6.45, 7) is -0.0683. The molecule has 0 atom stereocenters. The maximum Gasteiger partial charge on any atom is 0.416 e. The first-order valence-electron chi connectivity index (χ1n) is 12.7. The van der Waals surface area contributed by atoms with E-state index in [0.29, 0.717) is 33.7 Å². The van der Waals surface area contributed by atoms with Crippen LogP contribution in [0.3, 0.4) is 0 Å². The number of carbonyl (C=O) groups is 1. The van der Waals surface area contributed by atoms with Gasteiger partial charge < -0.3 is 9.72 Å². The third kappa shape index (κ3) is 6.42. The van der Waals surface area contributed by atoms with E-state index < -0.39 is 23.5 Å². The van der Waals surface area contributed by atoms with Crippen molar-refractivity contribution in [3.8, 4) is 22.4 Å². The zero-order chi connectivity index (χ0) is 29.2. The Morgan fingerprint density at radius 2 is 1.39 bits per heavy atom. The molecule has 0 radical (unpaired) electrons. The molecule has 41 heavy (non-hydrogen) atoms. The number of aromatic nitrogens is 2. The van der Waals surface area contributed by atoms with Gasteiger partial charge in [-0.25, -0.2) is 4.98 Å². The third-order valence-electron chi connectivity index (χ3n) is 6.62. The lowest BCUT2D eigenvalue weighted by Gasteiger charge is -2.11. The van der Waals surface area contributed by atoms with Crippen molar-refractivity contribution in [3.05, 3.63) is 120 Å². The van der Waals surface area contributed by atoms with Gasteiger partial charge in [0.05, 0.1) is 22.5 Å². The van der Waals surface area contributed by atoms with Crippen LogP contribution in [0.4, 0.5) is 26.3 Å². The second-order valence-electron chi connectivity index (χ2n) is 9.47. The zero-order valence-electron chi connectivity index (χ0n) is 21.4. The molecule has 0 spiro atoms. The quantitative estimate of drug-likeness (QED) is 0.203. The van der Waals surface area contributed by atoms with E-state index in [1.807, 2.05) is 30.3 Å². The minimum absolute atomic E-state index is 0.0143. The molecule has 3 aromatic carbocycles. The van der Waals surface area contributed by atoms with Gasteiger partial charge in [-0.3, -0.25) is 4.79 Å². The molecular formula is C31H23F6N3O. The number of rotatable bonds is 7. The third-order valence-corrected chi connectivity index (χ3v) is 6.62. The normalized spacial score (nSPS) is 12.0. The lowest BCUT2D eigenvalue weighted by Crippen LogP contribution is -2.23. The summed E-state index contributed by atoms with van der Waals surface area (Å²) in [6, 6.07) is 22.5. The molecule has 0 aliphatic carbocycles. The van der Waals surface area contributed by atoms with Crippen LogP contribution in [0.15, 0.2) is 97.2 Å². The molecule has 5 rings (SSSR count). The van der Waals surface area contributed by atoms with Gasteiger partial charge in [0.25, 0.3) is 0 Å². The number of benzene rings is 3. The maximum atomic E-state index is 13.3. The van der Waals surface area contributed by atoms with Crippen molar-refractivity contribution in [3.63, 3.8) is 0 Å². The van der Waals surface area contributed by atoms with Gasteiger partial charge >= 0.3 is 12.4 Å². The lowest BCUT2D eigenvalue weighted by molar-refractivity contribution is -0.138. The van der Waals surface area contributed by atoms with Crippen LogP contribution >= 0.6 is 0 Å². The molecule has 0 saturated heterocycles. The number of hydrogen-bond donors (Lipinski definition) is 1. The fourth-order valence-electron chi connectivity index (χ4n) is 4.58. The number of fused-ring (bicyclic) bond motifs is 1. The highest BCUT2D eigenvalue weighted by Gasteiger charge is 2.31. The number of halogens is 6. The minimum atomic E-state index is -4.48. The van der Waals surface area contributed by atoms with Crippen molar-refractivity contribution in [2.75, 3.05) is 0 Å². The van der Waals surface area contributed by atoms with E-state index in [-0.39, 0.29) is 25.3 Å². The smallest absolute Gasteiger partial charge is 0.352 e. The minimum Gasteiger partial charge on any atom is -0.352 e. The molecule has 0 aliphatic heterocycles. The number of nitrogens with zero attached hydrogens (tertiary/aromatic N) is 2. The Labute approximate surface area is 231 Å². The molecule has 0 fully saturated rings. The number of nitrogens with one attached hydrogen (secondary N) is 1. The van der Waals surface area contributed by atoms with E-state index in [1.54, 1.807) is 28.8 Å². The Hall–Kier alpha value is -4.60. The first-order valence-corrected chi connectivity index (χ1v) is 12.7. The summed E-state index contributed by atoms with van der Waals surface area (Å²) in [5, 5.41) is 2.66. The van der Waals surface area contributed by atoms with Gasteiger partial charge in [0.2, 0.25) is 5.91 Å². The van der Waals surface area contributed by atoms with Crippen molar-refractivity contribution in [2.45, 2.75) is 31.7 Å². The van der Waals surface area contributed by atoms with Crippen LogP contribution < -0.4 is 5.32 Å². The molecule has 4 nitrogen and oxygen atoms in total. The average molecular weight is 568 g/mol. The predicted octanol–water partition coefficient (Wildman–Crippen LogP) is 7.95. The van der Waals surface area contributed by atoms with E-state index in [2.05, 4.69) is 5.32 Å². The maximum absolute atomic E-state index is 13.3. The largest absolute Gasteiger partial charge is 0.416 e. The van der Waals surface area contributed by atoms with Crippen molar-refractivity contribution in [1.29, 1.82) is 0 Å². The van der Waals surface area contributed by atoms with E-state index in [4.69, 9.17) is 4.98 Å². The number of alkyl halides is 6. The van der Waals surface area contributed by atoms with Gasteiger partial charge in [-0.1, -0.05) is 54.6 Å². The Bertz CT molecular complexity index is 1690. The summed E-state index contributed by atoms with van der Waals surface area (Å²) >= 11 is 0.